The molecule has 0 saturated heterocycles. The van der Waals surface area contributed by atoms with Crippen LogP contribution in [0.15, 0.2) is 48.5 Å². The molecular formula is C23H29FN2O3. The Hall–Kier alpha value is -2.89. The highest BCUT2D eigenvalue weighted by atomic mass is 19.1. The van der Waals surface area contributed by atoms with Crippen LogP contribution in [0.5, 0.6) is 5.75 Å². The van der Waals surface area contributed by atoms with E-state index in [4.69, 9.17) is 4.74 Å². The first-order valence-corrected chi connectivity index (χ1v) is 9.77. The van der Waals surface area contributed by atoms with Crippen LogP contribution >= 0.6 is 0 Å². The fourth-order valence-electron chi connectivity index (χ4n) is 2.94. The zero-order valence-corrected chi connectivity index (χ0v) is 17.4. The van der Waals surface area contributed by atoms with Gasteiger partial charge in [-0.25, -0.2) is 4.39 Å². The zero-order valence-electron chi connectivity index (χ0n) is 17.4. The van der Waals surface area contributed by atoms with Gasteiger partial charge in [0.25, 0.3) is 0 Å². The van der Waals surface area contributed by atoms with Crippen molar-refractivity contribution in [2.24, 2.45) is 5.92 Å². The van der Waals surface area contributed by atoms with Crippen LogP contribution in [-0.2, 0) is 22.6 Å². The maximum absolute atomic E-state index is 13.2. The van der Waals surface area contributed by atoms with Crippen molar-refractivity contribution in [3.8, 4) is 5.75 Å². The molecule has 2 aromatic rings. The summed E-state index contributed by atoms with van der Waals surface area (Å²) in [6.07, 6.45) is 0.679. The smallest absolute Gasteiger partial charge is 0.242 e. The molecule has 0 heterocycles. The Morgan fingerprint density at radius 3 is 2.14 bits per heavy atom. The molecule has 5 nitrogen and oxygen atoms in total. The number of rotatable bonds is 9. The van der Waals surface area contributed by atoms with Gasteiger partial charge in [-0.1, -0.05) is 38.1 Å². The summed E-state index contributed by atoms with van der Waals surface area (Å²) in [5, 5.41) is 2.90. The van der Waals surface area contributed by atoms with Gasteiger partial charge in [0.15, 0.2) is 0 Å². The third-order valence-corrected chi connectivity index (χ3v) is 4.76. The molecule has 0 spiro atoms. The van der Waals surface area contributed by atoms with Gasteiger partial charge < -0.3 is 15.0 Å². The SMILES string of the molecule is COc1ccc(CCNC(=O)[C@H](C)N(Cc2ccc(F)cc2)C(=O)C(C)C)cc1. The average Bonchev–Trinajstić information content (AvgIpc) is 2.72. The van der Waals surface area contributed by atoms with E-state index in [2.05, 4.69) is 5.32 Å². The molecule has 2 amide bonds. The zero-order chi connectivity index (χ0) is 21.4. The summed E-state index contributed by atoms with van der Waals surface area (Å²) in [5.41, 5.74) is 1.86. The second-order valence-electron chi connectivity index (χ2n) is 7.31. The molecule has 0 aliphatic carbocycles. The number of carbonyl (C=O) groups excluding carboxylic acids is 2. The molecular weight excluding hydrogens is 371 g/mol. The van der Waals surface area contributed by atoms with Crippen molar-refractivity contribution in [1.82, 2.24) is 10.2 Å². The Kier molecular flexibility index (Phi) is 8.19. The van der Waals surface area contributed by atoms with Gasteiger partial charge in [-0.2, -0.15) is 0 Å². The van der Waals surface area contributed by atoms with Gasteiger partial charge in [0.2, 0.25) is 11.8 Å². The molecule has 0 radical (unpaired) electrons. The van der Waals surface area contributed by atoms with Crippen LogP contribution in [0.25, 0.3) is 0 Å². The van der Waals surface area contributed by atoms with Crippen molar-refractivity contribution in [2.45, 2.75) is 39.8 Å². The van der Waals surface area contributed by atoms with Gasteiger partial charge in [-0.3, -0.25) is 9.59 Å². The van der Waals surface area contributed by atoms with Crippen LogP contribution in [-0.4, -0.2) is 36.4 Å². The fourth-order valence-corrected chi connectivity index (χ4v) is 2.94. The molecule has 0 aromatic heterocycles. The summed E-state index contributed by atoms with van der Waals surface area (Å²) >= 11 is 0. The highest BCUT2D eigenvalue weighted by Crippen LogP contribution is 2.14. The predicted molar refractivity (Wildman–Crippen MR) is 111 cm³/mol. The molecule has 0 aliphatic rings. The highest BCUT2D eigenvalue weighted by Gasteiger charge is 2.27. The third-order valence-electron chi connectivity index (χ3n) is 4.76. The molecule has 2 rings (SSSR count). The van der Waals surface area contributed by atoms with E-state index in [-0.39, 0.29) is 30.1 Å². The molecule has 2 aromatic carbocycles. The van der Waals surface area contributed by atoms with E-state index >= 15 is 0 Å². The minimum absolute atomic E-state index is 0.118. The summed E-state index contributed by atoms with van der Waals surface area (Å²) in [6, 6.07) is 13.0. The van der Waals surface area contributed by atoms with Crippen molar-refractivity contribution in [2.75, 3.05) is 13.7 Å². The monoisotopic (exact) mass is 400 g/mol. The number of hydrogen-bond acceptors (Lipinski definition) is 3. The van der Waals surface area contributed by atoms with E-state index in [0.717, 1.165) is 16.9 Å². The minimum atomic E-state index is -0.633. The van der Waals surface area contributed by atoms with Crippen molar-refractivity contribution in [3.63, 3.8) is 0 Å². The summed E-state index contributed by atoms with van der Waals surface area (Å²) < 4.78 is 18.3. The number of amides is 2. The molecule has 0 unspecified atom stereocenters. The van der Waals surface area contributed by atoms with Crippen molar-refractivity contribution >= 4 is 11.8 Å². The molecule has 29 heavy (non-hydrogen) atoms. The predicted octanol–water partition coefficient (Wildman–Crippen LogP) is 3.57. The van der Waals surface area contributed by atoms with Crippen LogP contribution in [0.1, 0.15) is 31.9 Å². The molecule has 1 N–H and O–H groups in total. The number of carbonyl (C=O) groups is 2. The first-order chi connectivity index (χ1) is 13.8. The largest absolute Gasteiger partial charge is 0.497 e. The first-order valence-electron chi connectivity index (χ1n) is 9.77. The Bertz CT molecular complexity index is 804. The highest BCUT2D eigenvalue weighted by molar-refractivity contribution is 5.88. The van der Waals surface area contributed by atoms with Crippen LogP contribution in [0, 0.1) is 11.7 Å². The number of hydrogen-bond donors (Lipinski definition) is 1. The fraction of sp³-hybridized carbons (Fsp3) is 0.391. The second-order valence-corrected chi connectivity index (χ2v) is 7.31. The van der Waals surface area contributed by atoms with Crippen LogP contribution < -0.4 is 10.1 Å². The quantitative estimate of drug-likeness (QED) is 0.700. The summed E-state index contributed by atoms with van der Waals surface area (Å²) in [4.78, 5) is 26.9. The molecule has 0 saturated carbocycles. The maximum atomic E-state index is 13.2. The number of benzene rings is 2. The van der Waals surface area contributed by atoms with Crippen LogP contribution in [0.2, 0.25) is 0 Å². The summed E-state index contributed by atoms with van der Waals surface area (Å²) in [7, 11) is 1.62. The van der Waals surface area contributed by atoms with Crippen molar-refractivity contribution in [3.05, 3.63) is 65.5 Å². The van der Waals surface area contributed by atoms with Gasteiger partial charge in [0, 0.05) is 19.0 Å². The molecule has 1 atom stereocenters. The summed E-state index contributed by atoms with van der Waals surface area (Å²) in [6.45, 7) is 6.04. The number of nitrogens with one attached hydrogen (secondary N) is 1. The van der Waals surface area contributed by atoms with E-state index in [9.17, 15) is 14.0 Å². The van der Waals surface area contributed by atoms with E-state index in [1.807, 2.05) is 24.3 Å². The lowest BCUT2D eigenvalue weighted by atomic mass is 10.1. The third kappa shape index (κ3) is 6.59. The van der Waals surface area contributed by atoms with Gasteiger partial charge in [0.05, 0.1) is 7.11 Å². The number of ether oxygens (including phenoxy) is 1. The number of nitrogens with zero attached hydrogens (tertiary/aromatic N) is 1. The number of methoxy groups -OCH3 is 1. The molecule has 0 bridgehead atoms. The first kappa shape index (κ1) is 22.4. The Morgan fingerprint density at radius 2 is 1.59 bits per heavy atom. The summed E-state index contributed by atoms with van der Waals surface area (Å²) in [5.74, 6) is -0.124. The lowest BCUT2D eigenvalue weighted by Gasteiger charge is -2.30. The standard InChI is InChI=1S/C23H29FN2O3/c1-16(2)23(28)26(15-19-5-9-20(24)10-6-19)17(3)22(27)25-14-13-18-7-11-21(29-4)12-8-18/h5-12,16-17H,13-15H2,1-4H3,(H,25,27)/t17-/m0/s1. The Morgan fingerprint density at radius 1 is 1.00 bits per heavy atom. The average molecular weight is 400 g/mol. The van der Waals surface area contributed by atoms with Gasteiger partial charge in [-0.15, -0.1) is 0 Å². The second kappa shape index (κ2) is 10.6. The molecule has 156 valence electrons. The molecule has 0 aliphatic heterocycles. The normalized spacial score (nSPS) is 11.8. The van der Waals surface area contributed by atoms with E-state index in [1.165, 1.54) is 12.1 Å². The number of halogens is 1. The van der Waals surface area contributed by atoms with Gasteiger partial charge >= 0.3 is 0 Å². The van der Waals surface area contributed by atoms with Gasteiger partial charge in [-0.05, 0) is 48.7 Å². The maximum Gasteiger partial charge on any atom is 0.242 e. The van der Waals surface area contributed by atoms with E-state index in [1.54, 1.807) is 44.9 Å². The van der Waals surface area contributed by atoms with Gasteiger partial charge in [0.1, 0.15) is 17.6 Å². The molecule has 6 heteroatoms. The topological polar surface area (TPSA) is 58.6 Å². The molecule has 0 fully saturated rings. The lowest BCUT2D eigenvalue weighted by Crippen LogP contribution is -2.49. The Balaban J connectivity index is 1.98. The lowest BCUT2D eigenvalue weighted by molar-refractivity contribution is -0.143. The van der Waals surface area contributed by atoms with Crippen molar-refractivity contribution in [1.29, 1.82) is 0 Å². The van der Waals surface area contributed by atoms with Crippen LogP contribution in [0.3, 0.4) is 0 Å². The van der Waals surface area contributed by atoms with E-state index in [0.29, 0.717) is 13.0 Å². The van der Waals surface area contributed by atoms with E-state index < -0.39 is 6.04 Å². The Labute approximate surface area is 171 Å². The minimum Gasteiger partial charge on any atom is -0.497 e. The van der Waals surface area contributed by atoms with Crippen molar-refractivity contribution < 1.29 is 18.7 Å². The van der Waals surface area contributed by atoms with Crippen LogP contribution in [0.4, 0.5) is 4.39 Å².